The van der Waals surface area contributed by atoms with Gasteiger partial charge in [0.2, 0.25) is 0 Å². The Kier molecular flexibility index (Phi) is 4.49. The molecule has 0 saturated carbocycles. The highest BCUT2D eigenvalue weighted by Gasteiger charge is 2.08. The van der Waals surface area contributed by atoms with Gasteiger partial charge >= 0.3 is 0 Å². The number of nitro benzene ring substituents is 1. The summed E-state index contributed by atoms with van der Waals surface area (Å²) in [6, 6.07) is 6.57. The van der Waals surface area contributed by atoms with Crippen molar-refractivity contribution in [3.8, 4) is 0 Å². The Balaban J connectivity index is 2.10. The number of non-ortho nitro benzene ring substituents is 1. The summed E-state index contributed by atoms with van der Waals surface area (Å²) < 4.78 is 1.57. The predicted octanol–water partition coefficient (Wildman–Crippen LogP) is 4.13. The molecule has 0 unspecified atom stereocenters. The molecule has 0 amide bonds. The summed E-state index contributed by atoms with van der Waals surface area (Å²) in [4.78, 5) is 14.3. The average Bonchev–Trinajstić information content (AvgIpc) is 2.37. The van der Waals surface area contributed by atoms with Crippen LogP contribution < -0.4 is 5.32 Å². The van der Waals surface area contributed by atoms with E-state index in [1.165, 1.54) is 12.1 Å². The third-order valence-corrected chi connectivity index (χ3v) is 3.50. The molecule has 0 spiro atoms. The summed E-state index contributed by atoms with van der Waals surface area (Å²) >= 11 is 6.67. The number of hydrogen-bond donors (Lipinski definition) is 1. The lowest BCUT2D eigenvalue weighted by Gasteiger charge is -2.08. The minimum Gasteiger partial charge on any atom is -0.380 e. The zero-order chi connectivity index (χ0) is 13.8. The first-order valence-electron chi connectivity index (χ1n) is 5.33. The minimum absolute atomic E-state index is 0.0570. The fraction of sp³-hybridized carbons (Fsp3) is 0.0833. The van der Waals surface area contributed by atoms with Gasteiger partial charge in [-0.05, 0) is 49.6 Å². The number of hydrogen-bond acceptors (Lipinski definition) is 4. The maximum Gasteiger partial charge on any atom is 0.270 e. The monoisotopic (exact) mass is 385 g/mol. The maximum atomic E-state index is 10.6. The second-order valence-corrected chi connectivity index (χ2v) is 5.56. The smallest absolute Gasteiger partial charge is 0.270 e. The van der Waals surface area contributed by atoms with Crippen LogP contribution >= 0.6 is 31.9 Å². The highest BCUT2D eigenvalue weighted by molar-refractivity contribution is 9.10. The Morgan fingerprint density at radius 3 is 2.68 bits per heavy atom. The van der Waals surface area contributed by atoms with Crippen molar-refractivity contribution in [3.63, 3.8) is 0 Å². The van der Waals surface area contributed by atoms with E-state index in [9.17, 15) is 10.1 Å². The number of anilines is 1. The molecule has 1 heterocycles. The van der Waals surface area contributed by atoms with Gasteiger partial charge in [-0.1, -0.05) is 0 Å². The third kappa shape index (κ3) is 3.74. The van der Waals surface area contributed by atoms with Crippen molar-refractivity contribution in [1.29, 1.82) is 0 Å². The van der Waals surface area contributed by atoms with Crippen LogP contribution in [0, 0.1) is 10.1 Å². The number of pyridine rings is 1. The molecular weight excluding hydrogens is 378 g/mol. The van der Waals surface area contributed by atoms with E-state index >= 15 is 0 Å². The predicted molar refractivity (Wildman–Crippen MR) is 80.1 cm³/mol. The molecule has 0 atom stereocenters. The quantitative estimate of drug-likeness (QED) is 0.633. The van der Waals surface area contributed by atoms with E-state index < -0.39 is 4.92 Å². The van der Waals surface area contributed by atoms with Gasteiger partial charge in [-0.2, -0.15) is 0 Å². The fourth-order valence-corrected chi connectivity index (χ4v) is 2.43. The Bertz CT molecular complexity index is 620. The van der Waals surface area contributed by atoms with Gasteiger partial charge in [0.1, 0.15) is 0 Å². The largest absolute Gasteiger partial charge is 0.380 e. The lowest BCUT2D eigenvalue weighted by atomic mass is 10.2. The first-order valence-corrected chi connectivity index (χ1v) is 6.92. The van der Waals surface area contributed by atoms with E-state index in [0.717, 1.165) is 15.7 Å². The number of nitrogens with zero attached hydrogens (tertiary/aromatic N) is 2. The van der Waals surface area contributed by atoms with E-state index in [2.05, 4.69) is 42.2 Å². The van der Waals surface area contributed by atoms with Crippen molar-refractivity contribution in [2.45, 2.75) is 6.54 Å². The van der Waals surface area contributed by atoms with Crippen molar-refractivity contribution in [3.05, 3.63) is 61.3 Å². The van der Waals surface area contributed by atoms with E-state index in [1.807, 2.05) is 6.07 Å². The Labute approximate surface area is 126 Å². The van der Waals surface area contributed by atoms with Crippen LogP contribution in [0.3, 0.4) is 0 Å². The zero-order valence-corrected chi connectivity index (χ0v) is 12.8. The number of nitro groups is 1. The lowest BCUT2D eigenvalue weighted by Crippen LogP contribution is -2.01. The minimum atomic E-state index is -0.424. The topological polar surface area (TPSA) is 68.1 Å². The van der Waals surface area contributed by atoms with Crippen molar-refractivity contribution in [1.82, 2.24) is 4.98 Å². The summed E-state index contributed by atoms with van der Waals surface area (Å²) in [6.45, 7) is 0.586. The fourth-order valence-electron chi connectivity index (χ4n) is 1.51. The summed E-state index contributed by atoms with van der Waals surface area (Å²) in [7, 11) is 0. The van der Waals surface area contributed by atoms with Crippen LogP contribution in [0.1, 0.15) is 5.56 Å². The van der Waals surface area contributed by atoms with Gasteiger partial charge in [-0.25, -0.2) is 0 Å². The molecule has 2 aromatic rings. The van der Waals surface area contributed by atoms with E-state index in [4.69, 9.17) is 0 Å². The number of rotatable bonds is 4. The summed E-state index contributed by atoms with van der Waals surface area (Å²) in [5.74, 6) is 0. The molecule has 19 heavy (non-hydrogen) atoms. The molecule has 1 aromatic heterocycles. The first-order chi connectivity index (χ1) is 9.06. The van der Waals surface area contributed by atoms with Gasteiger partial charge in [0, 0.05) is 45.7 Å². The number of aromatic nitrogens is 1. The molecule has 0 radical (unpaired) electrons. The van der Waals surface area contributed by atoms with Crippen molar-refractivity contribution in [2.24, 2.45) is 0 Å². The van der Waals surface area contributed by atoms with Crippen LogP contribution in [0.4, 0.5) is 11.4 Å². The van der Waals surface area contributed by atoms with E-state index in [1.54, 1.807) is 18.5 Å². The molecule has 2 rings (SSSR count). The molecule has 0 aliphatic heterocycles. The average molecular weight is 387 g/mol. The number of benzene rings is 1. The normalized spacial score (nSPS) is 10.2. The van der Waals surface area contributed by atoms with Crippen molar-refractivity contribution in [2.75, 3.05) is 5.32 Å². The Morgan fingerprint density at radius 1 is 1.26 bits per heavy atom. The summed E-state index contributed by atoms with van der Waals surface area (Å²) in [5, 5.41) is 13.8. The number of halogens is 2. The van der Waals surface area contributed by atoms with Gasteiger partial charge in [0.05, 0.1) is 4.92 Å². The molecule has 1 N–H and O–H groups in total. The molecule has 0 saturated heterocycles. The zero-order valence-electron chi connectivity index (χ0n) is 9.64. The second kappa shape index (κ2) is 6.12. The first kappa shape index (κ1) is 14.0. The molecule has 0 bridgehead atoms. The van der Waals surface area contributed by atoms with E-state index in [-0.39, 0.29) is 5.69 Å². The molecule has 5 nitrogen and oxygen atoms in total. The third-order valence-electron chi connectivity index (χ3n) is 2.41. The SMILES string of the molecule is O=[N+]([O-])c1ccc(NCc2cncc(Br)c2)c(Br)c1. The molecule has 0 fully saturated rings. The summed E-state index contributed by atoms with van der Waals surface area (Å²) in [5.41, 5.74) is 1.87. The van der Waals surface area contributed by atoms with Crippen LogP contribution in [-0.2, 0) is 6.54 Å². The standard InChI is InChI=1S/C12H9Br2N3O2/c13-9-3-8(5-15-7-9)6-16-12-2-1-10(17(18)19)4-11(12)14/h1-5,7,16H,6H2. The summed E-state index contributed by atoms with van der Waals surface area (Å²) in [6.07, 6.45) is 3.47. The molecular formula is C12H9Br2N3O2. The molecule has 98 valence electrons. The Morgan fingerprint density at radius 2 is 2.05 bits per heavy atom. The number of nitrogens with one attached hydrogen (secondary N) is 1. The lowest BCUT2D eigenvalue weighted by molar-refractivity contribution is -0.384. The molecule has 0 aliphatic carbocycles. The van der Waals surface area contributed by atoms with Crippen LogP contribution in [-0.4, -0.2) is 9.91 Å². The van der Waals surface area contributed by atoms with Gasteiger partial charge in [-0.3, -0.25) is 15.1 Å². The van der Waals surface area contributed by atoms with Crippen LogP contribution in [0.25, 0.3) is 0 Å². The van der Waals surface area contributed by atoms with Gasteiger partial charge in [0.15, 0.2) is 0 Å². The van der Waals surface area contributed by atoms with Gasteiger partial charge in [-0.15, -0.1) is 0 Å². The Hall–Kier alpha value is -1.47. The highest BCUT2D eigenvalue weighted by Crippen LogP contribution is 2.27. The molecule has 0 aliphatic rings. The van der Waals surface area contributed by atoms with Crippen LogP contribution in [0.15, 0.2) is 45.6 Å². The highest BCUT2D eigenvalue weighted by atomic mass is 79.9. The van der Waals surface area contributed by atoms with E-state index in [0.29, 0.717) is 11.0 Å². The molecule has 1 aromatic carbocycles. The van der Waals surface area contributed by atoms with Crippen LogP contribution in [0.2, 0.25) is 0 Å². The van der Waals surface area contributed by atoms with Crippen molar-refractivity contribution >= 4 is 43.2 Å². The van der Waals surface area contributed by atoms with Gasteiger partial charge < -0.3 is 5.32 Å². The second-order valence-electron chi connectivity index (χ2n) is 3.79. The van der Waals surface area contributed by atoms with Gasteiger partial charge in [0.25, 0.3) is 5.69 Å². The van der Waals surface area contributed by atoms with Crippen molar-refractivity contribution < 1.29 is 4.92 Å². The maximum absolute atomic E-state index is 10.6. The van der Waals surface area contributed by atoms with Crippen LogP contribution in [0.5, 0.6) is 0 Å². The molecule has 7 heteroatoms.